The lowest BCUT2D eigenvalue weighted by atomic mass is 10.0. The molecule has 0 heterocycles. The molecule has 0 aliphatic carbocycles. The Labute approximate surface area is 129 Å². The first kappa shape index (κ1) is 17.6. The van der Waals surface area contributed by atoms with Crippen LogP contribution in [0.15, 0.2) is 22.7 Å². The van der Waals surface area contributed by atoms with E-state index in [0.717, 1.165) is 4.47 Å². The Balaban J connectivity index is 2.76. The van der Waals surface area contributed by atoms with Crippen molar-refractivity contribution >= 4 is 25.8 Å². The highest BCUT2D eigenvalue weighted by atomic mass is 79.9. The normalized spacial score (nSPS) is 13.4. The Kier molecular flexibility index (Phi) is 7.12. The van der Waals surface area contributed by atoms with Crippen molar-refractivity contribution in [3.05, 3.63) is 34.1 Å². The van der Waals surface area contributed by atoms with Crippen molar-refractivity contribution in [1.29, 1.82) is 0 Å². The van der Waals surface area contributed by atoms with Crippen LogP contribution < -0.4 is 5.32 Å². The Morgan fingerprint density at radius 2 is 2.05 bits per heavy atom. The molecule has 1 atom stereocenters. The molecule has 0 spiro atoms. The molecule has 114 valence electrons. The van der Waals surface area contributed by atoms with Crippen LogP contribution in [0.4, 0.5) is 4.39 Å². The zero-order valence-electron chi connectivity index (χ0n) is 11.8. The Morgan fingerprint density at radius 3 is 2.65 bits per heavy atom. The fraction of sp³-hybridized carbons (Fsp3) is 0.571. The highest BCUT2D eigenvalue weighted by Crippen LogP contribution is 2.25. The molecule has 3 nitrogen and oxygen atoms in total. The van der Waals surface area contributed by atoms with E-state index >= 15 is 0 Å². The van der Waals surface area contributed by atoms with Crippen LogP contribution in [0.1, 0.15) is 38.3 Å². The van der Waals surface area contributed by atoms with Gasteiger partial charge in [0.2, 0.25) is 0 Å². The van der Waals surface area contributed by atoms with Crippen LogP contribution >= 0.6 is 15.9 Å². The number of hydrogen-bond donors (Lipinski definition) is 1. The second-order valence-corrected chi connectivity index (χ2v) is 8.04. The third kappa shape index (κ3) is 5.50. The Morgan fingerprint density at radius 1 is 1.35 bits per heavy atom. The lowest BCUT2D eigenvalue weighted by molar-refractivity contribution is 0.479. The SMILES string of the molecule is CCNC(CCCS(=O)(=O)CC)c1cc(Br)ccc1F. The zero-order valence-corrected chi connectivity index (χ0v) is 14.2. The van der Waals surface area contributed by atoms with Crippen LogP contribution in [-0.4, -0.2) is 26.5 Å². The molecule has 0 fully saturated rings. The standard InChI is InChI=1S/C14H21BrFNO2S/c1-3-17-14(6-5-9-20(18,19)4-2)12-10-11(15)7-8-13(12)16/h7-8,10,14,17H,3-6,9H2,1-2H3. The molecule has 1 N–H and O–H groups in total. The molecular weight excluding hydrogens is 345 g/mol. The molecule has 0 amide bonds. The van der Waals surface area contributed by atoms with Crippen LogP contribution in [0, 0.1) is 5.82 Å². The summed E-state index contributed by atoms with van der Waals surface area (Å²) in [4.78, 5) is 0. The molecule has 0 aliphatic heterocycles. The minimum absolute atomic E-state index is 0.154. The van der Waals surface area contributed by atoms with Gasteiger partial charge in [-0.25, -0.2) is 12.8 Å². The molecular formula is C14H21BrFNO2S. The molecule has 1 rings (SSSR count). The quantitative estimate of drug-likeness (QED) is 0.767. The summed E-state index contributed by atoms with van der Waals surface area (Å²) in [5.41, 5.74) is 0.579. The molecule has 0 radical (unpaired) electrons. The van der Waals surface area contributed by atoms with Crippen molar-refractivity contribution < 1.29 is 12.8 Å². The van der Waals surface area contributed by atoms with E-state index in [-0.39, 0.29) is 23.4 Å². The van der Waals surface area contributed by atoms with E-state index < -0.39 is 9.84 Å². The monoisotopic (exact) mass is 365 g/mol. The summed E-state index contributed by atoms with van der Waals surface area (Å²) in [5.74, 6) is 0.0444. The summed E-state index contributed by atoms with van der Waals surface area (Å²) in [6.45, 7) is 4.30. The summed E-state index contributed by atoms with van der Waals surface area (Å²) < 4.78 is 37.7. The van der Waals surface area contributed by atoms with E-state index in [0.29, 0.717) is 24.9 Å². The molecule has 0 aromatic heterocycles. The van der Waals surface area contributed by atoms with Crippen molar-refractivity contribution in [1.82, 2.24) is 5.32 Å². The van der Waals surface area contributed by atoms with E-state index in [4.69, 9.17) is 0 Å². The summed E-state index contributed by atoms with van der Waals surface area (Å²) in [6.07, 6.45) is 1.13. The van der Waals surface area contributed by atoms with Crippen molar-refractivity contribution in [3.63, 3.8) is 0 Å². The summed E-state index contributed by atoms with van der Waals surface area (Å²) >= 11 is 3.34. The van der Waals surface area contributed by atoms with E-state index in [1.165, 1.54) is 6.07 Å². The fourth-order valence-corrected chi connectivity index (χ4v) is 3.32. The molecule has 1 unspecified atom stereocenters. The number of nitrogens with one attached hydrogen (secondary N) is 1. The average Bonchev–Trinajstić information content (AvgIpc) is 2.40. The zero-order chi connectivity index (χ0) is 15.2. The van der Waals surface area contributed by atoms with E-state index in [1.807, 2.05) is 6.92 Å². The van der Waals surface area contributed by atoms with Crippen LogP contribution in [0.25, 0.3) is 0 Å². The summed E-state index contributed by atoms with van der Waals surface area (Å²) in [6, 6.07) is 4.66. The lowest BCUT2D eigenvalue weighted by Gasteiger charge is -2.19. The molecule has 0 saturated heterocycles. The van der Waals surface area contributed by atoms with Gasteiger partial charge in [-0.1, -0.05) is 29.8 Å². The molecule has 0 bridgehead atoms. The number of sulfone groups is 1. The summed E-state index contributed by atoms with van der Waals surface area (Å²) in [7, 11) is -2.96. The molecule has 0 saturated carbocycles. The van der Waals surface area contributed by atoms with E-state index in [1.54, 1.807) is 19.1 Å². The van der Waals surface area contributed by atoms with Gasteiger partial charge in [0, 0.05) is 21.8 Å². The fourth-order valence-electron chi connectivity index (χ4n) is 2.05. The number of rotatable bonds is 8. The predicted molar refractivity (Wildman–Crippen MR) is 84.1 cm³/mol. The smallest absolute Gasteiger partial charge is 0.150 e. The van der Waals surface area contributed by atoms with Crippen LogP contribution in [0.2, 0.25) is 0 Å². The second-order valence-electron chi connectivity index (χ2n) is 4.65. The van der Waals surface area contributed by atoms with Gasteiger partial charge < -0.3 is 5.32 Å². The van der Waals surface area contributed by atoms with Gasteiger partial charge in [0.15, 0.2) is 0 Å². The maximum atomic E-state index is 13.9. The van der Waals surface area contributed by atoms with Crippen molar-refractivity contribution in [3.8, 4) is 0 Å². The van der Waals surface area contributed by atoms with Crippen LogP contribution in [-0.2, 0) is 9.84 Å². The van der Waals surface area contributed by atoms with E-state index in [2.05, 4.69) is 21.2 Å². The van der Waals surface area contributed by atoms with E-state index in [9.17, 15) is 12.8 Å². The molecule has 0 aliphatic rings. The topological polar surface area (TPSA) is 46.2 Å². The maximum absolute atomic E-state index is 13.9. The van der Waals surface area contributed by atoms with Gasteiger partial charge in [-0.05, 0) is 37.6 Å². The molecule has 1 aromatic carbocycles. The minimum Gasteiger partial charge on any atom is -0.310 e. The van der Waals surface area contributed by atoms with Crippen LogP contribution in [0.5, 0.6) is 0 Å². The largest absolute Gasteiger partial charge is 0.310 e. The highest BCUT2D eigenvalue weighted by Gasteiger charge is 2.16. The van der Waals surface area contributed by atoms with Gasteiger partial charge in [-0.2, -0.15) is 0 Å². The first-order valence-corrected chi connectivity index (χ1v) is 9.39. The minimum atomic E-state index is -2.96. The van der Waals surface area contributed by atoms with Gasteiger partial charge in [-0.3, -0.25) is 0 Å². The number of hydrogen-bond acceptors (Lipinski definition) is 3. The van der Waals surface area contributed by atoms with Gasteiger partial charge in [0.05, 0.1) is 5.75 Å². The lowest BCUT2D eigenvalue weighted by Crippen LogP contribution is -2.23. The summed E-state index contributed by atoms with van der Waals surface area (Å²) in [5, 5.41) is 3.22. The number of benzene rings is 1. The molecule has 20 heavy (non-hydrogen) atoms. The van der Waals surface area contributed by atoms with Gasteiger partial charge >= 0.3 is 0 Å². The first-order valence-electron chi connectivity index (χ1n) is 6.78. The molecule has 6 heteroatoms. The predicted octanol–water partition coefficient (Wildman–Crippen LogP) is 3.45. The van der Waals surface area contributed by atoms with Gasteiger partial charge in [-0.15, -0.1) is 0 Å². The maximum Gasteiger partial charge on any atom is 0.150 e. The van der Waals surface area contributed by atoms with Gasteiger partial charge in [0.1, 0.15) is 15.7 Å². The highest BCUT2D eigenvalue weighted by molar-refractivity contribution is 9.10. The second kappa shape index (κ2) is 8.10. The Hall–Kier alpha value is -0.460. The molecule has 1 aromatic rings. The van der Waals surface area contributed by atoms with Crippen molar-refractivity contribution in [2.24, 2.45) is 0 Å². The number of halogens is 2. The third-order valence-electron chi connectivity index (χ3n) is 3.17. The van der Waals surface area contributed by atoms with Crippen molar-refractivity contribution in [2.75, 3.05) is 18.1 Å². The van der Waals surface area contributed by atoms with Crippen molar-refractivity contribution in [2.45, 2.75) is 32.7 Å². The third-order valence-corrected chi connectivity index (χ3v) is 5.46. The van der Waals surface area contributed by atoms with Gasteiger partial charge in [0.25, 0.3) is 0 Å². The van der Waals surface area contributed by atoms with Crippen LogP contribution in [0.3, 0.4) is 0 Å². The average molecular weight is 366 g/mol. The Bertz CT molecular complexity index is 534. The first-order chi connectivity index (χ1) is 9.39.